The molecule has 0 aliphatic carbocycles. The number of non-ortho nitro benzene ring substituents is 1. The van der Waals surface area contributed by atoms with Crippen LogP contribution in [0.5, 0.6) is 0 Å². The summed E-state index contributed by atoms with van der Waals surface area (Å²) in [6.45, 7) is 0.597. The molecule has 3 aromatic rings. The number of nitro benzene ring substituents is 1. The van der Waals surface area contributed by atoms with E-state index in [1.807, 2.05) is 60.7 Å². The molecule has 0 N–H and O–H groups in total. The third kappa shape index (κ3) is 6.69. The van der Waals surface area contributed by atoms with E-state index >= 15 is 0 Å². The van der Waals surface area contributed by atoms with Gasteiger partial charge < -0.3 is 4.74 Å². The molecular formula is C25H21N3O6. The number of isocyanates is 1. The maximum atomic E-state index is 12.4. The second-order valence-electron chi connectivity index (χ2n) is 7.30. The summed E-state index contributed by atoms with van der Waals surface area (Å²) < 4.78 is 5.14. The van der Waals surface area contributed by atoms with Gasteiger partial charge in [0, 0.05) is 18.6 Å². The van der Waals surface area contributed by atoms with Crippen LogP contribution >= 0.6 is 0 Å². The molecule has 1 unspecified atom stereocenters. The van der Waals surface area contributed by atoms with Gasteiger partial charge in [0.05, 0.1) is 18.0 Å². The van der Waals surface area contributed by atoms with Crippen molar-refractivity contribution in [1.29, 1.82) is 0 Å². The highest BCUT2D eigenvalue weighted by Crippen LogP contribution is 2.21. The summed E-state index contributed by atoms with van der Waals surface area (Å²) in [6.07, 6.45) is 0.109. The molecule has 34 heavy (non-hydrogen) atoms. The monoisotopic (exact) mass is 459 g/mol. The van der Waals surface area contributed by atoms with Gasteiger partial charge in [-0.25, -0.2) is 19.5 Å². The molecule has 172 valence electrons. The van der Waals surface area contributed by atoms with E-state index in [9.17, 15) is 24.5 Å². The van der Waals surface area contributed by atoms with Crippen LogP contribution in [0.1, 0.15) is 16.7 Å². The Morgan fingerprint density at radius 1 is 0.882 bits per heavy atom. The SMILES string of the molecule is O=C1OC(Cc2ccc([N+](=O)[O-])cc2)C(=O)N1Cc1ccccc1.O=C=NCc1ccccc1. The Morgan fingerprint density at radius 3 is 2.03 bits per heavy atom. The van der Waals surface area contributed by atoms with E-state index in [0.717, 1.165) is 16.0 Å². The van der Waals surface area contributed by atoms with E-state index in [1.54, 1.807) is 12.1 Å². The Bertz CT molecular complexity index is 1180. The maximum absolute atomic E-state index is 12.4. The first kappa shape index (κ1) is 24.0. The van der Waals surface area contributed by atoms with Crippen molar-refractivity contribution in [1.82, 2.24) is 4.90 Å². The van der Waals surface area contributed by atoms with Crippen molar-refractivity contribution >= 4 is 23.8 Å². The zero-order valence-electron chi connectivity index (χ0n) is 18.1. The molecule has 1 saturated heterocycles. The fourth-order valence-corrected chi connectivity index (χ4v) is 3.21. The molecule has 0 radical (unpaired) electrons. The number of nitrogens with zero attached hydrogens (tertiary/aromatic N) is 3. The van der Waals surface area contributed by atoms with Crippen LogP contribution in [-0.2, 0) is 33.8 Å². The molecule has 1 aliphatic heterocycles. The van der Waals surface area contributed by atoms with Gasteiger partial charge in [0.2, 0.25) is 6.08 Å². The first-order chi connectivity index (χ1) is 16.5. The Kier molecular flexibility index (Phi) is 8.37. The predicted molar refractivity (Wildman–Crippen MR) is 122 cm³/mol. The summed E-state index contributed by atoms with van der Waals surface area (Å²) in [4.78, 5) is 48.6. The molecule has 1 fully saturated rings. The minimum Gasteiger partial charge on any atom is -0.435 e. The molecule has 0 saturated carbocycles. The number of hydrogen-bond donors (Lipinski definition) is 0. The van der Waals surface area contributed by atoms with Crippen molar-refractivity contribution in [2.24, 2.45) is 4.99 Å². The number of amides is 2. The smallest absolute Gasteiger partial charge is 0.417 e. The Balaban J connectivity index is 0.000000271. The number of nitro groups is 1. The van der Waals surface area contributed by atoms with Crippen molar-refractivity contribution in [3.05, 3.63) is 112 Å². The Morgan fingerprint density at radius 2 is 1.47 bits per heavy atom. The first-order valence-electron chi connectivity index (χ1n) is 10.3. The molecule has 4 rings (SSSR count). The lowest BCUT2D eigenvalue weighted by Crippen LogP contribution is -2.31. The molecule has 9 nitrogen and oxygen atoms in total. The molecule has 1 atom stereocenters. The lowest BCUT2D eigenvalue weighted by molar-refractivity contribution is -0.384. The zero-order valence-corrected chi connectivity index (χ0v) is 18.1. The fourth-order valence-electron chi connectivity index (χ4n) is 3.21. The highest BCUT2D eigenvalue weighted by molar-refractivity contribution is 6.00. The standard InChI is InChI=1S/C17H14N2O5.C8H7NO/c20-16-15(10-12-6-8-14(9-7-12)19(22)23)24-17(21)18(16)11-13-4-2-1-3-5-13;10-7-9-6-8-4-2-1-3-5-8/h1-9,15H,10-11H2;1-5H,6H2. The van der Waals surface area contributed by atoms with Crippen LogP contribution in [0.15, 0.2) is 89.9 Å². The van der Waals surface area contributed by atoms with Crippen molar-refractivity contribution in [3.8, 4) is 0 Å². The third-order valence-corrected chi connectivity index (χ3v) is 4.93. The number of ether oxygens (including phenoxy) is 1. The van der Waals surface area contributed by atoms with Crippen LogP contribution in [0.4, 0.5) is 10.5 Å². The number of benzene rings is 3. The largest absolute Gasteiger partial charge is 0.435 e. The lowest BCUT2D eigenvalue weighted by atomic mass is 10.1. The molecule has 1 heterocycles. The lowest BCUT2D eigenvalue weighted by Gasteiger charge is -2.11. The van der Waals surface area contributed by atoms with Gasteiger partial charge in [-0.15, -0.1) is 0 Å². The van der Waals surface area contributed by atoms with Gasteiger partial charge in [0.15, 0.2) is 6.10 Å². The van der Waals surface area contributed by atoms with E-state index < -0.39 is 23.0 Å². The number of rotatable bonds is 7. The summed E-state index contributed by atoms with van der Waals surface area (Å²) in [5.41, 5.74) is 2.53. The van der Waals surface area contributed by atoms with Crippen LogP contribution in [0.25, 0.3) is 0 Å². The number of imide groups is 1. The normalized spacial score (nSPS) is 14.5. The topological polar surface area (TPSA) is 119 Å². The van der Waals surface area contributed by atoms with Crippen LogP contribution in [0, 0.1) is 10.1 Å². The van der Waals surface area contributed by atoms with Gasteiger partial charge >= 0.3 is 6.09 Å². The number of carbonyl (C=O) groups is 2. The quantitative estimate of drug-likeness (QED) is 0.226. The van der Waals surface area contributed by atoms with Gasteiger partial charge in [-0.2, -0.15) is 0 Å². The van der Waals surface area contributed by atoms with E-state index in [2.05, 4.69) is 4.99 Å². The summed E-state index contributed by atoms with van der Waals surface area (Å²) in [5, 5.41) is 10.6. The molecule has 0 aromatic heterocycles. The zero-order chi connectivity index (χ0) is 24.3. The van der Waals surface area contributed by atoms with Crippen LogP contribution in [-0.4, -0.2) is 34.0 Å². The van der Waals surface area contributed by atoms with E-state index in [1.165, 1.54) is 18.2 Å². The number of carbonyl (C=O) groups excluding carboxylic acids is 3. The maximum Gasteiger partial charge on any atom is 0.417 e. The van der Waals surface area contributed by atoms with Gasteiger partial charge in [-0.1, -0.05) is 72.8 Å². The highest BCUT2D eigenvalue weighted by atomic mass is 16.6. The Hall–Kier alpha value is -4.62. The Labute approximate surface area is 195 Å². The molecule has 1 aliphatic rings. The summed E-state index contributed by atoms with van der Waals surface area (Å²) in [7, 11) is 0. The molecule has 0 spiro atoms. The summed E-state index contributed by atoms with van der Waals surface area (Å²) >= 11 is 0. The second kappa shape index (κ2) is 11.8. The van der Waals surface area contributed by atoms with Gasteiger partial charge in [0.1, 0.15) is 0 Å². The van der Waals surface area contributed by atoms with Crippen molar-refractivity contribution in [2.75, 3.05) is 0 Å². The average molecular weight is 459 g/mol. The van der Waals surface area contributed by atoms with Crippen molar-refractivity contribution < 1.29 is 24.0 Å². The predicted octanol–water partition coefficient (Wildman–Crippen LogP) is 4.21. The van der Waals surface area contributed by atoms with Crippen LogP contribution in [0.3, 0.4) is 0 Å². The molecule has 9 heteroatoms. The third-order valence-electron chi connectivity index (χ3n) is 4.93. The fraction of sp³-hybridized carbons (Fsp3) is 0.160. The number of hydrogen-bond acceptors (Lipinski definition) is 7. The van der Waals surface area contributed by atoms with E-state index in [-0.39, 0.29) is 18.7 Å². The highest BCUT2D eigenvalue weighted by Gasteiger charge is 2.40. The van der Waals surface area contributed by atoms with Gasteiger partial charge in [-0.05, 0) is 16.7 Å². The first-order valence-corrected chi connectivity index (χ1v) is 10.3. The molecular weight excluding hydrogens is 438 g/mol. The molecule has 2 amide bonds. The minimum absolute atomic E-state index is 0.0285. The summed E-state index contributed by atoms with van der Waals surface area (Å²) in [5.74, 6) is -0.401. The van der Waals surface area contributed by atoms with Crippen molar-refractivity contribution in [3.63, 3.8) is 0 Å². The second-order valence-corrected chi connectivity index (χ2v) is 7.30. The van der Waals surface area contributed by atoms with Crippen LogP contribution < -0.4 is 0 Å². The van der Waals surface area contributed by atoms with E-state index in [0.29, 0.717) is 12.1 Å². The number of cyclic esters (lactones) is 1. The average Bonchev–Trinajstić information content (AvgIpc) is 3.12. The van der Waals surface area contributed by atoms with E-state index in [4.69, 9.17) is 4.74 Å². The van der Waals surface area contributed by atoms with Gasteiger partial charge in [0.25, 0.3) is 11.6 Å². The van der Waals surface area contributed by atoms with Crippen molar-refractivity contribution in [2.45, 2.75) is 25.6 Å². The van der Waals surface area contributed by atoms with Crippen LogP contribution in [0.2, 0.25) is 0 Å². The molecule has 3 aromatic carbocycles. The summed E-state index contributed by atoms with van der Waals surface area (Å²) in [6, 6.07) is 24.6. The molecule has 0 bridgehead atoms. The number of aliphatic imine (C=N–C) groups is 1. The van der Waals surface area contributed by atoms with Gasteiger partial charge in [-0.3, -0.25) is 14.9 Å². The minimum atomic E-state index is -0.900.